The molecule has 4 heterocycles. The fraction of sp³-hybridized carbons (Fsp3) is 0.409. The summed E-state index contributed by atoms with van der Waals surface area (Å²) in [6, 6.07) is 12.3. The number of nitrogens with one attached hydrogen (secondary N) is 1. The second-order valence-electron chi connectivity index (χ2n) is 8.12. The largest absolute Gasteiger partial charge is 0.376 e. The lowest BCUT2D eigenvalue weighted by Gasteiger charge is -2.16. The van der Waals surface area contributed by atoms with E-state index in [9.17, 15) is 0 Å². The molecule has 0 unspecified atom stereocenters. The molecule has 1 aromatic carbocycles. The number of hydrogen-bond donors (Lipinski definition) is 1. The highest BCUT2D eigenvalue weighted by molar-refractivity contribution is 7.98. The zero-order valence-corrected chi connectivity index (χ0v) is 20.2. The van der Waals surface area contributed by atoms with Crippen LogP contribution in [0.3, 0.4) is 0 Å². The molecule has 33 heavy (non-hydrogen) atoms. The Morgan fingerprint density at radius 3 is 2.82 bits per heavy atom. The molecule has 3 aromatic heterocycles. The van der Waals surface area contributed by atoms with Crippen LogP contribution in [0.25, 0.3) is 11.5 Å². The van der Waals surface area contributed by atoms with E-state index in [0.29, 0.717) is 17.1 Å². The number of ether oxygens (including phenoxy) is 1. The molecule has 9 nitrogen and oxygen atoms in total. The molecule has 172 valence electrons. The van der Waals surface area contributed by atoms with Crippen molar-refractivity contribution in [1.29, 1.82) is 0 Å². The Labute approximate surface area is 201 Å². The Morgan fingerprint density at radius 1 is 1.24 bits per heavy atom. The number of nitrogens with zero attached hydrogens (tertiary/aromatic N) is 7. The van der Waals surface area contributed by atoms with Crippen molar-refractivity contribution in [2.45, 2.75) is 49.4 Å². The molecular formula is C22H26N8OS2. The topological polar surface area (TPSA) is 91.4 Å². The fourth-order valence-electron chi connectivity index (χ4n) is 4.12. The van der Waals surface area contributed by atoms with Crippen molar-refractivity contribution in [2.75, 3.05) is 6.61 Å². The summed E-state index contributed by atoms with van der Waals surface area (Å²) in [5.74, 6) is 2.23. The molecule has 1 fully saturated rings. The van der Waals surface area contributed by atoms with E-state index in [4.69, 9.17) is 17.0 Å². The SMILES string of the molecule is C[C@H](c1ccccc1)n1c(CSc2nnc(-c3ccn(C)n3)n2C[C@H]2CCCO2)n[nH]c1=S. The van der Waals surface area contributed by atoms with Gasteiger partial charge >= 0.3 is 0 Å². The number of benzene rings is 1. The Hall–Kier alpha value is -2.76. The van der Waals surface area contributed by atoms with Crippen LogP contribution in [-0.2, 0) is 24.1 Å². The summed E-state index contributed by atoms with van der Waals surface area (Å²) in [5, 5.41) is 21.8. The van der Waals surface area contributed by atoms with E-state index >= 15 is 0 Å². The summed E-state index contributed by atoms with van der Waals surface area (Å²) in [6.07, 6.45) is 4.20. The molecular weight excluding hydrogens is 456 g/mol. The maximum Gasteiger partial charge on any atom is 0.195 e. The number of hydrogen-bond acceptors (Lipinski definition) is 7. The maximum absolute atomic E-state index is 5.90. The Balaban J connectivity index is 1.41. The van der Waals surface area contributed by atoms with Crippen LogP contribution in [0.5, 0.6) is 0 Å². The van der Waals surface area contributed by atoms with Crippen LogP contribution in [0.4, 0.5) is 0 Å². The van der Waals surface area contributed by atoms with Crippen molar-refractivity contribution in [3.63, 3.8) is 0 Å². The quantitative estimate of drug-likeness (QED) is 0.300. The first kappa shape index (κ1) is 22.1. The van der Waals surface area contributed by atoms with Crippen LogP contribution in [0.1, 0.15) is 37.2 Å². The van der Waals surface area contributed by atoms with Crippen molar-refractivity contribution in [3.05, 3.63) is 58.8 Å². The minimum Gasteiger partial charge on any atom is -0.376 e. The van der Waals surface area contributed by atoms with E-state index in [1.165, 1.54) is 5.56 Å². The molecule has 0 spiro atoms. The van der Waals surface area contributed by atoms with Crippen LogP contribution < -0.4 is 0 Å². The van der Waals surface area contributed by atoms with Gasteiger partial charge in [0.15, 0.2) is 15.8 Å². The van der Waals surface area contributed by atoms with Crippen molar-refractivity contribution < 1.29 is 4.74 Å². The lowest BCUT2D eigenvalue weighted by molar-refractivity contribution is 0.0953. The van der Waals surface area contributed by atoms with Crippen molar-refractivity contribution in [2.24, 2.45) is 7.05 Å². The van der Waals surface area contributed by atoms with Gasteiger partial charge in [0.05, 0.1) is 24.4 Å². The zero-order chi connectivity index (χ0) is 22.8. The highest BCUT2D eigenvalue weighted by atomic mass is 32.2. The molecule has 0 saturated carbocycles. The molecule has 0 amide bonds. The highest BCUT2D eigenvalue weighted by Gasteiger charge is 2.23. The standard InChI is InChI=1S/C22H26N8OS2/c1-15(16-7-4-3-5-8-16)30-19(23-25-21(30)32)14-33-22-26-24-20(18-10-11-28(2)27-18)29(22)13-17-9-6-12-31-17/h3-5,7-8,10-11,15,17H,6,9,12-14H2,1-2H3,(H,25,32)/t15-,17-/m1/s1. The lowest BCUT2D eigenvalue weighted by atomic mass is 10.1. The summed E-state index contributed by atoms with van der Waals surface area (Å²) in [6.45, 7) is 3.64. The van der Waals surface area contributed by atoms with Crippen LogP contribution in [0, 0.1) is 4.77 Å². The van der Waals surface area contributed by atoms with Crippen molar-refractivity contribution in [3.8, 4) is 11.5 Å². The summed E-state index contributed by atoms with van der Waals surface area (Å²) in [4.78, 5) is 0. The van der Waals surface area contributed by atoms with Gasteiger partial charge in [0.1, 0.15) is 11.5 Å². The van der Waals surface area contributed by atoms with Crippen LogP contribution >= 0.6 is 24.0 Å². The van der Waals surface area contributed by atoms with Crippen molar-refractivity contribution >= 4 is 24.0 Å². The molecule has 0 bridgehead atoms. The molecule has 4 aromatic rings. The smallest absolute Gasteiger partial charge is 0.195 e. The van der Waals surface area contributed by atoms with E-state index in [2.05, 4.69) is 53.7 Å². The zero-order valence-electron chi connectivity index (χ0n) is 18.6. The molecule has 1 N–H and O–H groups in total. The maximum atomic E-state index is 5.90. The third-order valence-corrected chi connectivity index (χ3v) is 7.10. The lowest BCUT2D eigenvalue weighted by Crippen LogP contribution is -2.17. The average Bonchev–Trinajstić information content (AvgIpc) is 3.62. The van der Waals surface area contributed by atoms with Gasteiger partial charge in [-0.25, -0.2) is 0 Å². The van der Waals surface area contributed by atoms with Gasteiger partial charge in [0.25, 0.3) is 0 Å². The molecule has 1 aliphatic heterocycles. The summed E-state index contributed by atoms with van der Waals surface area (Å²) in [7, 11) is 1.90. The predicted octanol–water partition coefficient (Wildman–Crippen LogP) is 4.01. The first-order valence-electron chi connectivity index (χ1n) is 11.0. The first-order chi connectivity index (χ1) is 16.1. The number of aryl methyl sites for hydroxylation is 1. The van der Waals surface area contributed by atoms with Gasteiger partial charge in [-0.3, -0.25) is 18.9 Å². The molecule has 2 atom stereocenters. The second kappa shape index (κ2) is 9.62. The summed E-state index contributed by atoms with van der Waals surface area (Å²) >= 11 is 7.14. The van der Waals surface area contributed by atoms with Gasteiger partial charge in [-0.2, -0.15) is 10.2 Å². The van der Waals surface area contributed by atoms with Crippen molar-refractivity contribution in [1.82, 2.24) is 39.3 Å². The van der Waals surface area contributed by atoms with Crippen LogP contribution in [0.2, 0.25) is 0 Å². The normalized spacial score (nSPS) is 17.0. The molecule has 1 aliphatic rings. The molecule has 1 saturated heterocycles. The van der Waals surface area contributed by atoms with Gasteiger partial charge in [-0.05, 0) is 43.6 Å². The molecule has 0 radical (unpaired) electrons. The van der Waals surface area contributed by atoms with E-state index < -0.39 is 0 Å². The van der Waals surface area contributed by atoms with Crippen LogP contribution in [-0.4, -0.2) is 52.0 Å². The number of H-pyrrole nitrogens is 1. The van der Waals surface area contributed by atoms with E-state index in [-0.39, 0.29) is 12.1 Å². The van der Waals surface area contributed by atoms with E-state index in [1.807, 2.05) is 37.5 Å². The van der Waals surface area contributed by atoms with E-state index in [0.717, 1.165) is 41.9 Å². The van der Waals surface area contributed by atoms with Gasteiger partial charge < -0.3 is 4.74 Å². The monoisotopic (exact) mass is 482 g/mol. The minimum atomic E-state index is 0.0712. The fourth-order valence-corrected chi connectivity index (χ4v) is 5.31. The Morgan fingerprint density at radius 2 is 2.09 bits per heavy atom. The third-order valence-electron chi connectivity index (χ3n) is 5.85. The minimum absolute atomic E-state index is 0.0712. The number of aromatic nitrogens is 8. The van der Waals surface area contributed by atoms with Gasteiger partial charge in [0, 0.05) is 19.9 Å². The molecule has 0 aliphatic carbocycles. The third kappa shape index (κ3) is 4.66. The summed E-state index contributed by atoms with van der Waals surface area (Å²) in [5.41, 5.74) is 1.98. The van der Waals surface area contributed by atoms with Gasteiger partial charge in [-0.15, -0.1) is 10.2 Å². The molecule has 5 rings (SSSR count). The average molecular weight is 483 g/mol. The Bertz CT molecular complexity index is 1270. The predicted molar refractivity (Wildman–Crippen MR) is 128 cm³/mol. The van der Waals surface area contributed by atoms with Crippen LogP contribution in [0.15, 0.2) is 47.8 Å². The second-order valence-corrected chi connectivity index (χ2v) is 9.45. The number of aromatic amines is 1. The first-order valence-corrected chi connectivity index (χ1v) is 12.4. The molecule has 11 heteroatoms. The number of thioether (sulfide) groups is 1. The summed E-state index contributed by atoms with van der Waals surface area (Å²) < 4.78 is 12.5. The van der Waals surface area contributed by atoms with E-state index in [1.54, 1.807) is 16.4 Å². The van der Waals surface area contributed by atoms with Gasteiger partial charge in [0.2, 0.25) is 0 Å². The highest BCUT2D eigenvalue weighted by Crippen LogP contribution is 2.29. The Kier molecular flexibility index (Phi) is 6.43. The number of rotatable bonds is 8. The van der Waals surface area contributed by atoms with Gasteiger partial charge in [-0.1, -0.05) is 42.1 Å².